The molecule has 3 heterocycles. The molecule has 0 radical (unpaired) electrons. The number of hydrogen-bond donors (Lipinski definition) is 6. The maximum Gasteiger partial charge on any atom is 0.320 e. The summed E-state index contributed by atoms with van der Waals surface area (Å²) in [5.41, 5.74) is 5.95. The van der Waals surface area contributed by atoms with Crippen molar-refractivity contribution in [3.63, 3.8) is 0 Å². The van der Waals surface area contributed by atoms with Crippen molar-refractivity contribution in [2.45, 2.75) is 49.8 Å². The second kappa shape index (κ2) is 11.8. The minimum atomic E-state index is -4.17. The van der Waals surface area contributed by atoms with E-state index in [1.165, 1.54) is 17.2 Å². The summed E-state index contributed by atoms with van der Waals surface area (Å²) in [6.45, 7) is 0. The summed E-state index contributed by atoms with van der Waals surface area (Å²) < 4.78 is 37.7. The van der Waals surface area contributed by atoms with E-state index < -0.39 is 58.3 Å². The standard InChI is InChI=1S/C19H28N6O9S2/c1-35(5-4-10(20)19(29)30)7-11-14(27)15(28)18(34-11)25-9-23-13-16(21-8-22-17(13)25)24-12(26)3-2-6-36(31,32)33/h8-11,14-15,18,27-28H,2-7,20H2,1H3,(H2-,21,22,24,26,29,30,31,32,33)/p+1/t10?,11-,14?,15+,18-,35?/m1/s1. The molecule has 1 aliphatic heterocycles. The van der Waals surface area contributed by atoms with Gasteiger partial charge in [-0.05, 0) is 17.3 Å². The molecule has 7 N–H and O–H groups in total. The number of anilines is 1. The minimum Gasteiger partial charge on any atom is -0.480 e. The smallest absolute Gasteiger partial charge is 0.320 e. The Balaban J connectivity index is 1.67. The van der Waals surface area contributed by atoms with Crippen LogP contribution < -0.4 is 11.1 Å². The van der Waals surface area contributed by atoms with Gasteiger partial charge in [-0.1, -0.05) is 0 Å². The molecule has 1 fully saturated rings. The van der Waals surface area contributed by atoms with Crippen LogP contribution in [0, 0.1) is 0 Å². The fourth-order valence-electron chi connectivity index (χ4n) is 3.65. The fourth-order valence-corrected chi connectivity index (χ4v) is 5.82. The summed E-state index contributed by atoms with van der Waals surface area (Å²) in [6.07, 6.45) is 0.135. The topological polar surface area (TPSA) is 240 Å². The van der Waals surface area contributed by atoms with Gasteiger partial charge in [-0.3, -0.25) is 18.7 Å². The van der Waals surface area contributed by atoms with Crippen LogP contribution in [0.4, 0.5) is 5.82 Å². The molecule has 0 spiro atoms. The van der Waals surface area contributed by atoms with Crippen LogP contribution in [0.2, 0.25) is 0 Å². The molecule has 17 heteroatoms. The second-order valence-corrected chi connectivity index (χ2v) is 12.3. The highest BCUT2D eigenvalue weighted by Crippen LogP contribution is 2.33. The first-order chi connectivity index (χ1) is 16.9. The van der Waals surface area contributed by atoms with Gasteiger partial charge in [0.2, 0.25) is 5.91 Å². The van der Waals surface area contributed by atoms with Crippen LogP contribution in [0.3, 0.4) is 0 Å². The summed E-state index contributed by atoms with van der Waals surface area (Å²) in [5, 5.41) is 32.6. The van der Waals surface area contributed by atoms with E-state index in [1.54, 1.807) is 0 Å². The lowest BCUT2D eigenvalue weighted by molar-refractivity contribution is -0.138. The number of carboxylic acids is 1. The van der Waals surface area contributed by atoms with E-state index in [2.05, 4.69) is 20.3 Å². The Morgan fingerprint density at radius 2 is 2.00 bits per heavy atom. The molecule has 3 unspecified atom stereocenters. The van der Waals surface area contributed by atoms with Crippen molar-refractivity contribution in [1.29, 1.82) is 0 Å². The zero-order valence-electron chi connectivity index (χ0n) is 19.3. The zero-order chi connectivity index (χ0) is 26.6. The number of amides is 1. The summed E-state index contributed by atoms with van der Waals surface area (Å²) in [7, 11) is -4.51. The van der Waals surface area contributed by atoms with Crippen molar-refractivity contribution in [3.05, 3.63) is 12.7 Å². The number of nitrogens with one attached hydrogen (secondary N) is 1. The molecule has 2 aromatic rings. The number of carbonyl (C=O) groups is 2. The van der Waals surface area contributed by atoms with Gasteiger partial charge < -0.3 is 31.1 Å². The Bertz CT molecular complexity index is 1190. The first kappa shape index (κ1) is 28.2. The molecular weight excluding hydrogens is 520 g/mol. The third-order valence-electron chi connectivity index (χ3n) is 5.58. The van der Waals surface area contributed by atoms with Gasteiger partial charge in [0.1, 0.15) is 42.2 Å². The molecule has 15 nitrogen and oxygen atoms in total. The highest BCUT2D eigenvalue weighted by molar-refractivity contribution is 7.96. The zero-order valence-corrected chi connectivity index (χ0v) is 20.9. The number of ether oxygens (including phenoxy) is 1. The van der Waals surface area contributed by atoms with E-state index in [-0.39, 0.29) is 47.1 Å². The third kappa shape index (κ3) is 7.09. The molecule has 1 aliphatic rings. The average molecular weight is 550 g/mol. The molecule has 0 saturated carbocycles. The van der Waals surface area contributed by atoms with Crippen molar-refractivity contribution in [3.8, 4) is 0 Å². The lowest BCUT2D eigenvalue weighted by Gasteiger charge is -2.16. The number of nitrogens with two attached hydrogens (primary N) is 1. The Labute approximate surface area is 209 Å². The van der Waals surface area contributed by atoms with Crippen molar-refractivity contribution in [2.24, 2.45) is 5.73 Å². The lowest BCUT2D eigenvalue weighted by Crippen LogP contribution is -2.37. The van der Waals surface area contributed by atoms with Crippen LogP contribution >= 0.6 is 0 Å². The number of carbonyl (C=O) groups excluding carboxylic acids is 1. The Morgan fingerprint density at radius 1 is 1.28 bits per heavy atom. The number of aliphatic carboxylic acids is 1. The Hall–Kier alpha value is -2.41. The quantitative estimate of drug-likeness (QED) is 0.125. The van der Waals surface area contributed by atoms with E-state index in [0.717, 1.165) is 0 Å². The van der Waals surface area contributed by atoms with E-state index in [1.807, 2.05) is 6.26 Å². The number of fused-ring (bicyclic) bond motifs is 1. The lowest BCUT2D eigenvalue weighted by atomic mass is 10.1. The highest BCUT2D eigenvalue weighted by atomic mass is 32.2. The summed E-state index contributed by atoms with van der Waals surface area (Å²) in [5.74, 6) is -1.21. The van der Waals surface area contributed by atoms with Crippen molar-refractivity contribution < 1.29 is 42.6 Å². The number of aromatic nitrogens is 4. The van der Waals surface area contributed by atoms with E-state index in [4.69, 9.17) is 20.1 Å². The molecule has 2 aromatic heterocycles. The van der Waals surface area contributed by atoms with Gasteiger partial charge in [0.05, 0.1) is 18.3 Å². The number of rotatable bonds is 12. The van der Waals surface area contributed by atoms with Gasteiger partial charge in [-0.15, -0.1) is 0 Å². The summed E-state index contributed by atoms with van der Waals surface area (Å²) >= 11 is 0. The predicted octanol–water partition coefficient (Wildman–Crippen LogP) is -1.90. The fraction of sp³-hybridized carbons (Fsp3) is 0.632. The number of aliphatic hydroxyl groups is 2. The van der Waals surface area contributed by atoms with Gasteiger partial charge in [-0.25, -0.2) is 15.0 Å². The molecule has 1 amide bonds. The molecule has 0 bridgehead atoms. The van der Waals surface area contributed by atoms with Gasteiger partial charge >= 0.3 is 5.97 Å². The minimum absolute atomic E-state index is 0.0602. The normalized spacial score (nSPS) is 24.0. The van der Waals surface area contributed by atoms with E-state index in [0.29, 0.717) is 11.5 Å². The van der Waals surface area contributed by atoms with Crippen LogP contribution in [0.5, 0.6) is 0 Å². The average Bonchev–Trinajstić information content (AvgIpc) is 3.33. The van der Waals surface area contributed by atoms with Gasteiger partial charge in [0.25, 0.3) is 10.1 Å². The van der Waals surface area contributed by atoms with Gasteiger partial charge in [0, 0.05) is 12.8 Å². The van der Waals surface area contributed by atoms with Crippen molar-refractivity contribution >= 4 is 49.9 Å². The van der Waals surface area contributed by atoms with E-state index in [9.17, 15) is 28.2 Å². The second-order valence-electron chi connectivity index (χ2n) is 8.42. The largest absolute Gasteiger partial charge is 0.480 e. The van der Waals surface area contributed by atoms with E-state index >= 15 is 0 Å². The molecular formula is C19H29N6O9S2+. The van der Waals surface area contributed by atoms with Gasteiger partial charge in [0.15, 0.2) is 23.2 Å². The predicted molar refractivity (Wildman–Crippen MR) is 129 cm³/mol. The molecule has 1 saturated heterocycles. The number of imidazole rings is 1. The number of aliphatic hydroxyl groups excluding tert-OH is 2. The Morgan fingerprint density at radius 3 is 2.67 bits per heavy atom. The number of nitrogens with zero attached hydrogens (tertiary/aromatic N) is 4. The first-order valence-electron chi connectivity index (χ1n) is 10.9. The highest BCUT2D eigenvalue weighted by Gasteiger charge is 2.46. The molecule has 0 aliphatic carbocycles. The molecule has 36 heavy (non-hydrogen) atoms. The molecule has 200 valence electrons. The maximum atomic E-state index is 12.2. The first-order valence-corrected chi connectivity index (χ1v) is 14.5. The maximum absolute atomic E-state index is 12.2. The SMILES string of the molecule is C[S+](CCC(N)C(=O)O)C[C@H]1O[C@@H](n2cnc3c(NC(=O)CCCS(=O)(=O)O)ncnc32)[C@@H](O)C1O. The van der Waals surface area contributed by atoms with Crippen LogP contribution in [0.1, 0.15) is 25.5 Å². The summed E-state index contributed by atoms with van der Waals surface area (Å²) in [4.78, 5) is 35.4. The molecule has 6 atom stereocenters. The molecule has 0 aromatic carbocycles. The van der Waals surface area contributed by atoms with Crippen LogP contribution in [0.15, 0.2) is 12.7 Å². The van der Waals surface area contributed by atoms with Crippen LogP contribution in [0.25, 0.3) is 11.2 Å². The van der Waals surface area contributed by atoms with Crippen LogP contribution in [-0.2, 0) is 35.3 Å². The monoisotopic (exact) mass is 549 g/mol. The number of hydrogen-bond acceptors (Lipinski definition) is 11. The third-order valence-corrected chi connectivity index (χ3v) is 8.21. The van der Waals surface area contributed by atoms with Crippen LogP contribution in [-0.4, -0.2) is 108 Å². The van der Waals surface area contributed by atoms with Crippen molar-refractivity contribution in [2.75, 3.05) is 28.8 Å². The van der Waals surface area contributed by atoms with Gasteiger partial charge in [-0.2, -0.15) is 8.42 Å². The van der Waals surface area contributed by atoms with Crippen molar-refractivity contribution in [1.82, 2.24) is 19.5 Å². The summed E-state index contributed by atoms with van der Waals surface area (Å²) in [6, 6.07) is -0.970. The molecule has 3 rings (SSSR count). The Kier molecular flexibility index (Phi) is 9.20. The number of carboxylic acid groups (broad SMARTS) is 1.